The van der Waals surface area contributed by atoms with E-state index in [4.69, 9.17) is 5.73 Å². The van der Waals surface area contributed by atoms with E-state index in [0.717, 1.165) is 22.2 Å². The van der Waals surface area contributed by atoms with E-state index in [1.807, 2.05) is 43.3 Å². The van der Waals surface area contributed by atoms with Crippen molar-refractivity contribution in [1.29, 1.82) is 0 Å². The van der Waals surface area contributed by atoms with Crippen LogP contribution in [0.15, 0.2) is 54.9 Å². The second-order valence-electron chi connectivity index (χ2n) is 6.07. The number of aliphatic hydroxyl groups is 1. The highest BCUT2D eigenvalue weighted by Gasteiger charge is 2.11. The molecule has 4 rings (SSSR count). The topological polar surface area (TPSA) is 103 Å². The number of nitrogens with zero attached hydrogens (tertiary/aromatic N) is 5. The van der Waals surface area contributed by atoms with Gasteiger partial charge in [-0.05, 0) is 31.2 Å². The number of benzene rings is 1. The number of fused-ring (bicyclic) bond motifs is 1. The Labute approximate surface area is 150 Å². The summed E-state index contributed by atoms with van der Waals surface area (Å²) in [5.74, 6) is 1.26. The molecule has 1 aromatic carbocycles. The molecule has 3 aromatic heterocycles. The fraction of sp³-hybridized carbons (Fsp3) is 0.158. The summed E-state index contributed by atoms with van der Waals surface area (Å²) in [6, 6.07) is 13.1. The fourth-order valence-corrected chi connectivity index (χ4v) is 2.78. The summed E-state index contributed by atoms with van der Waals surface area (Å²) >= 11 is 0. The maximum atomic E-state index is 9.32. The Balaban J connectivity index is 1.83. The van der Waals surface area contributed by atoms with Crippen molar-refractivity contribution in [2.75, 3.05) is 0 Å². The molecule has 7 heteroatoms. The van der Waals surface area contributed by atoms with Crippen molar-refractivity contribution in [3.05, 3.63) is 66.2 Å². The first kappa shape index (κ1) is 16.3. The molecule has 3 N–H and O–H groups in total. The summed E-state index contributed by atoms with van der Waals surface area (Å²) < 4.78 is 1.74. The molecule has 4 aromatic rings. The molecule has 3 heterocycles. The molecule has 26 heavy (non-hydrogen) atoms. The number of pyridine rings is 1. The van der Waals surface area contributed by atoms with Crippen molar-refractivity contribution in [2.24, 2.45) is 5.73 Å². The van der Waals surface area contributed by atoms with Crippen LogP contribution in [0.1, 0.15) is 24.4 Å². The molecular weight excluding hydrogens is 328 g/mol. The number of rotatable bonds is 4. The van der Waals surface area contributed by atoms with Gasteiger partial charge in [0.2, 0.25) is 0 Å². The number of aromatic nitrogens is 5. The molecule has 0 radical (unpaired) electrons. The van der Waals surface area contributed by atoms with Gasteiger partial charge in [0.15, 0.2) is 11.6 Å². The van der Waals surface area contributed by atoms with Crippen LogP contribution >= 0.6 is 0 Å². The molecule has 130 valence electrons. The molecular formula is C19H18N6O. The van der Waals surface area contributed by atoms with Gasteiger partial charge in [-0.15, -0.1) is 0 Å². The number of hydrogen-bond acceptors (Lipinski definition) is 6. The summed E-state index contributed by atoms with van der Waals surface area (Å²) in [4.78, 5) is 13.3. The van der Waals surface area contributed by atoms with Crippen molar-refractivity contribution < 1.29 is 5.11 Å². The van der Waals surface area contributed by atoms with Crippen LogP contribution in [0, 0.1) is 0 Å². The van der Waals surface area contributed by atoms with E-state index in [-0.39, 0.29) is 12.6 Å². The molecule has 0 unspecified atom stereocenters. The van der Waals surface area contributed by atoms with E-state index in [0.29, 0.717) is 17.3 Å². The van der Waals surface area contributed by atoms with Crippen molar-refractivity contribution in [1.82, 2.24) is 24.7 Å². The van der Waals surface area contributed by atoms with E-state index in [9.17, 15) is 5.11 Å². The van der Waals surface area contributed by atoms with Crippen LogP contribution in [0.3, 0.4) is 0 Å². The molecule has 0 bridgehead atoms. The standard InChI is InChI=1S/C19H18N6O/c1-12(20)16-7-8-21-19(24-16)13-5-6-14-10-22-25(17(14)9-13)18-4-2-3-15(11-26)23-18/h2-10,12,26H,11,20H2,1H3/t12-/m1/s1. The van der Waals surface area contributed by atoms with Crippen molar-refractivity contribution >= 4 is 10.9 Å². The molecule has 0 fully saturated rings. The fourth-order valence-electron chi connectivity index (χ4n) is 2.78. The molecule has 0 saturated carbocycles. The Kier molecular flexibility index (Phi) is 4.16. The van der Waals surface area contributed by atoms with Gasteiger partial charge in [0, 0.05) is 23.2 Å². The lowest BCUT2D eigenvalue weighted by atomic mass is 10.1. The molecule has 0 amide bonds. The average Bonchev–Trinajstić information content (AvgIpc) is 3.11. The zero-order valence-corrected chi connectivity index (χ0v) is 14.2. The van der Waals surface area contributed by atoms with Crippen molar-refractivity contribution in [3.8, 4) is 17.2 Å². The van der Waals surface area contributed by atoms with Gasteiger partial charge in [-0.25, -0.2) is 19.6 Å². The number of nitrogens with two attached hydrogens (primary N) is 1. The van der Waals surface area contributed by atoms with Gasteiger partial charge in [-0.2, -0.15) is 5.10 Å². The second kappa shape index (κ2) is 6.62. The van der Waals surface area contributed by atoms with E-state index in [2.05, 4.69) is 20.1 Å². The summed E-state index contributed by atoms with van der Waals surface area (Å²) in [7, 11) is 0. The van der Waals surface area contributed by atoms with Crippen LogP contribution < -0.4 is 5.73 Å². The van der Waals surface area contributed by atoms with Crippen LogP contribution in [-0.4, -0.2) is 29.8 Å². The van der Waals surface area contributed by atoms with Gasteiger partial charge in [-0.1, -0.05) is 18.2 Å². The third-order valence-corrected chi connectivity index (χ3v) is 4.14. The predicted molar refractivity (Wildman–Crippen MR) is 98.4 cm³/mol. The van der Waals surface area contributed by atoms with Crippen LogP contribution in [-0.2, 0) is 6.61 Å². The third kappa shape index (κ3) is 2.94. The van der Waals surface area contributed by atoms with E-state index in [1.54, 1.807) is 23.1 Å². The van der Waals surface area contributed by atoms with Crippen LogP contribution in [0.25, 0.3) is 28.1 Å². The Morgan fingerprint density at radius 1 is 1.15 bits per heavy atom. The maximum absolute atomic E-state index is 9.32. The Morgan fingerprint density at radius 2 is 2.04 bits per heavy atom. The van der Waals surface area contributed by atoms with Crippen LogP contribution in [0.4, 0.5) is 0 Å². The van der Waals surface area contributed by atoms with E-state index < -0.39 is 0 Å². The second-order valence-corrected chi connectivity index (χ2v) is 6.07. The van der Waals surface area contributed by atoms with Crippen molar-refractivity contribution in [2.45, 2.75) is 19.6 Å². The first-order valence-electron chi connectivity index (χ1n) is 8.29. The van der Waals surface area contributed by atoms with Gasteiger partial charge < -0.3 is 10.8 Å². The lowest BCUT2D eigenvalue weighted by molar-refractivity contribution is 0.276. The largest absolute Gasteiger partial charge is 0.390 e. The summed E-state index contributed by atoms with van der Waals surface area (Å²) in [5, 5.41) is 14.7. The summed E-state index contributed by atoms with van der Waals surface area (Å²) in [6.07, 6.45) is 3.50. The average molecular weight is 346 g/mol. The van der Waals surface area contributed by atoms with E-state index in [1.165, 1.54) is 0 Å². The molecule has 1 atom stereocenters. The van der Waals surface area contributed by atoms with Gasteiger partial charge in [0.25, 0.3) is 0 Å². The summed E-state index contributed by atoms with van der Waals surface area (Å²) in [6.45, 7) is 1.78. The Morgan fingerprint density at radius 3 is 2.85 bits per heavy atom. The molecule has 7 nitrogen and oxygen atoms in total. The SMILES string of the molecule is C[C@@H](N)c1ccnc(-c2ccc3cnn(-c4cccc(CO)n4)c3c2)n1. The highest BCUT2D eigenvalue weighted by atomic mass is 16.3. The van der Waals surface area contributed by atoms with Gasteiger partial charge in [0.1, 0.15) is 0 Å². The highest BCUT2D eigenvalue weighted by Crippen LogP contribution is 2.24. The minimum atomic E-state index is -0.156. The smallest absolute Gasteiger partial charge is 0.159 e. The third-order valence-electron chi connectivity index (χ3n) is 4.14. The lowest BCUT2D eigenvalue weighted by Gasteiger charge is -2.08. The summed E-state index contributed by atoms with van der Waals surface area (Å²) in [5.41, 5.74) is 9.08. The van der Waals surface area contributed by atoms with Gasteiger partial charge in [-0.3, -0.25) is 0 Å². The molecule has 0 saturated heterocycles. The predicted octanol–water partition coefficient (Wildman–Crippen LogP) is 2.39. The molecule has 0 aliphatic carbocycles. The first-order valence-corrected chi connectivity index (χ1v) is 8.29. The zero-order chi connectivity index (χ0) is 18.1. The monoisotopic (exact) mass is 346 g/mol. The molecule has 0 aliphatic rings. The normalized spacial score (nSPS) is 12.4. The number of hydrogen-bond donors (Lipinski definition) is 2. The van der Waals surface area contributed by atoms with Crippen LogP contribution in [0.2, 0.25) is 0 Å². The van der Waals surface area contributed by atoms with Crippen molar-refractivity contribution in [3.63, 3.8) is 0 Å². The minimum Gasteiger partial charge on any atom is -0.390 e. The van der Waals surface area contributed by atoms with Gasteiger partial charge in [0.05, 0.1) is 29.7 Å². The first-order chi connectivity index (χ1) is 12.7. The van der Waals surface area contributed by atoms with E-state index >= 15 is 0 Å². The lowest BCUT2D eigenvalue weighted by Crippen LogP contribution is -2.08. The number of aliphatic hydroxyl groups excluding tert-OH is 1. The zero-order valence-electron chi connectivity index (χ0n) is 14.2. The Hall–Kier alpha value is -3.16. The van der Waals surface area contributed by atoms with Gasteiger partial charge >= 0.3 is 0 Å². The molecule has 0 spiro atoms. The van der Waals surface area contributed by atoms with Crippen LogP contribution in [0.5, 0.6) is 0 Å². The molecule has 0 aliphatic heterocycles. The Bertz CT molecular complexity index is 1070. The maximum Gasteiger partial charge on any atom is 0.159 e. The quantitative estimate of drug-likeness (QED) is 0.588. The minimum absolute atomic E-state index is 0.115. The highest BCUT2D eigenvalue weighted by molar-refractivity contribution is 5.84.